The highest BCUT2D eigenvalue weighted by molar-refractivity contribution is 6.99. The standard InChI is InChI=1S/C39H60O9Si/c1-10-11-12-13-14-21-26-43-36-32(40)34(47-37(42)48-38(4,5)6)33(46-35(41)28(2)3)31(45-36)27-44-49(39(7,8)9,29-22-17-15-18-23-29)30-24-19-16-20-25-30/h15-20,22-25,28,31-34,36,40H,10-14,21,26-27H2,1-9H3/t31-,32-,33-,34-,36-/m1/s1. The highest BCUT2D eigenvalue weighted by Crippen LogP contribution is 2.38. The van der Waals surface area contributed by atoms with Gasteiger partial charge in [-0.05, 0) is 42.6 Å². The molecule has 0 aliphatic carbocycles. The second-order valence-corrected chi connectivity index (χ2v) is 19.6. The Balaban J connectivity index is 2.03. The van der Waals surface area contributed by atoms with E-state index in [0.717, 1.165) is 42.5 Å². The molecular formula is C39H60O9Si. The van der Waals surface area contributed by atoms with Crippen molar-refractivity contribution >= 4 is 30.8 Å². The summed E-state index contributed by atoms with van der Waals surface area (Å²) >= 11 is 0. The number of aliphatic hydroxyl groups is 1. The van der Waals surface area contributed by atoms with Crippen molar-refractivity contribution in [2.75, 3.05) is 13.2 Å². The van der Waals surface area contributed by atoms with Crippen LogP contribution in [0.3, 0.4) is 0 Å². The highest BCUT2D eigenvalue weighted by Gasteiger charge is 2.54. The van der Waals surface area contributed by atoms with Crippen LogP contribution in [0.1, 0.15) is 101 Å². The molecule has 1 aliphatic heterocycles. The van der Waals surface area contributed by atoms with E-state index in [4.69, 9.17) is 28.1 Å². The van der Waals surface area contributed by atoms with Gasteiger partial charge in [0.15, 0.2) is 18.5 Å². The van der Waals surface area contributed by atoms with Gasteiger partial charge >= 0.3 is 12.1 Å². The summed E-state index contributed by atoms with van der Waals surface area (Å²) in [6, 6.07) is 20.3. The van der Waals surface area contributed by atoms with Gasteiger partial charge in [-0.3, -0.25) is 4.79 Å². The molecule has 9 nitrogen and oxygen atoms in total. The zero-order valence-electron chi connectivity index (χ0n) is 31.1. The fraction of sp³-hybridized carbons (Fsp3) is 0.641. The first-order valence-electron chi connectivity index (χ1n) is 17.9. The lowest BCUT2D eigenvalue weighted by Crippen LogP contribution is -2.68. The average Bonchev–Trinajstić information content (AvgIpc) is 3.03. The number of rotatable bonds is 16. The van der Waals surface area contributed by atoms with Crippen LogP contribution in [0, 0.1) is 5.92 Å². The van der Waals surface area contributed by atoms with E-state index in [1.54, 1.807) is 34.6 Å². The van der Waals surface area contributed by atoms with Crippen LogP contribution in [-0.4, -0.2) is 75.1 Å². The summed E-state index contributed by atoms with van der Waals surface area (Å²) in [5.41, 5.74) is -0.850. The number of carbonyl (C=O) groups is 2. The van der Waals surface area contributed by atoms with E-state index < -0.39 is 62.7 Å². The second kappa shape index (κ2) is 18.5. The molecule has 3 rings (SSSR count). The topological polar surface area (TPSA) is 110 Å². The van der Waals surface area contributed by atoms with Crippen molar-refractivity contribution in [3.8, 4) is 0 Å². The summed E-state index contributed by atoms with van der Waals surface area (Å²) in [6.45, 7) is 17.6. The lowest BCUT2D eigenvalue weighted by Gasteiger charge is -2.47. The summed E-state index contributed by atoms with van der Waals surface area (Å²) < 4.78 is 37.0. The lowest BCUT2D eigenvalue weighted by atomic mass is 9.98. The first-order valence-corrected chi connectivity index (χ1v) is 19.8. The Hall–Kier alpha value is -2.76. The number of aliphatic hydroxyl groups excluding tert-OH is 1. The predicted molar refractivity (Wildman–Crippen MR) is 193 cm³/mol. The van der Waals surface area contributed by atoms with Crippen molar-refractivity contribution < 1.29 is 42.8 Å². The Kier molecular flexibility index (Phi) is 15.3. The van der Waals surface area contributed by atoms with E-state index in [1.807, 2.05) is 36.4 Å². The zero-order valence-corrected chi connectivity index (χ0v) is 32.1. The Morgan fingerprint density at radius 1 is 0.816 bits per heavy atom. The van der Waals surface area contributed by atoms with Gasteiger partial charge in [-0.15, -0.1) is 0 Å². The quantitative estimate of drug-likeness (QED) is 0.113. The molecule has 1 aliphatic rings. The van der Waals surface area contributed by atoms with E-state index in [2.05, 4.69) is 52.0 Å². The van der Waals surface area contributed by atoms with Crippen molar-refractivity contribution in [3.05, 3.63) is 60.7 Å². The lowest BCUT2D eigenvalue weighted by molar-refractivity contribution is -0.304. The van der Waals surface area contributed by atoms with Crippen LogP contribution in [-0.2, 0) is 32.9 Å². The van der Waals surface area contributed by atoms with Gasteiger partial charge in [-0.25, -0.2) is 4.79 Å². The molecule has 2 aromatic rings. The Labute approximate surface area is 295 Å². The smallest absolute Gasteiger partial charge is 0.455 e. The number of benzene rings is 2. The van der Waals surface area contributed by atoms with Gasteiger partial charge in [-0.1, -0.05) is 134 Å². The maximum Gasteiger partial charge on any atom is 0.509 e. The maximum absolute atomic E-state index is 13.1. The summed E-state index contributed by atoms with van der Waals surface area (Å²) in [5, 5.41) is 13.4. The van der Waals surface area contributed by atoms with Gasteiger partial charge < -0.3 is 33.2 Å². The van der Waals surface area contributed by atoms with Crippen LogP contribution in [0.4, 0.5) is 4.79 Å². The number of esters is 1. The van der Waals surface area contributed by atoms with Gasteiger partial charge in [0.05, 0.1) is 12.5 Å². The number of ether oxygens (including phenoxy) is 5. The molecule has 1 heterocycles. The van der Waals surface area contributed by atoms with Crippen molar-refractivity contribution in [2.24, 2.45) is 5.92 Å². The van der Waals surface area contributed by atoms with E-state index in [9.17, 15) is 14.7 Å². The molecule has 1 N–H and O–H groups in total. The van der Waals surface area contributed by atoms with E-state index in [1.165, 1.54) is 6.42 Å². The number of carbonyl (C=O) groups excluding carboxylic acids is 2. The monoisotopic (exact) mass is 700 g/mol. The minimum atomic E-state index is -3.05. The molecule has 0 radical (unpaired) electrons. The summed E-state index contributed by atoms with van der Waals surface area (Å²) in [4.78, 5) is 26.2. The number of hydrogen-bond acceptors (Lipinski definition) is 9. The molecule has 0 spiro atoms. The summed E-state index contributed by atoms with van der Waals surface area (Å²) in [6.07, 6.45) is -0.730. The minimum absolute atomic E-state index is 0.0267. The molecule has 5 atom stereocenters. The van der Waals surface area contributed by atoms with Gasteiger partial charge in [0, 0.05) is 6.61 Å². The highest BCUT2D eigenvalue weighted by atomic mass is 28.4. The van der Waals surface area contributed by atoms with Crippen LogP contribution in [0.15, 0.2) is 60.7 Å². The van der Waals surface area contributed by atoms with Gasteiger partial charge in [-0.2, -0.15) is 0 Å². The van der Waals surface area contributed by atoms with E-state index in [-0.39, 0.29) is 11.6 Å². The van der Waals surface area contributed by atoms with Crippen molar-refractivity contribution in [2.45, 2.75) is 142 Å². The van der Waals surface area contributed by atoms with Gasteiger partial charge in [0.2, 0.25) is 0 Å². The fourth-order valence-corrected chi connectivity index (χ4v) is 10.7. The average molecular weight is 701 g/mol. The SMILES string of the molecule is CCCCCCCCO[C@@H]1O[C@H](CO[Si](c2ccccc2)(c2ccccc2)C(C)(C)C)[C@@H](OC(=O)C(C)C)[C@H](OC(=O)OC(C)(C)C)[C@H]1O. The fourth-order valence-electron chi connectivity index (χ4n) is 6.15. The van der Waals surface area contributed by atoms with Gasteiger partial charge in [0.25, 0.3) is 8.32 Å². The van der Waals surface area contributed by atoms with Crippen LogP contribution >= 0.6 is 0 Å². The van der Waals surface area contributed by atoms with Gasteiger partial charge in [0.1, 0.15) is 17.8 Å². The number of hydrogen-bond donors (Lipinski definition) is 1. The van der Waals surface area contributed by atoms with Crippen LogP contribution < -0.4 is 10.4 Å². The molecular weight excluding hydrogens is 641 g/mol. The Morgan fingerprint density at radius 2 is 1.37 bits per heavy atom. The molecule has 0 unspecified atom stereocenters. The predicted octanol–water partition coefficient (Wildman–Crippen LogP) is 6.91. The molecule has 0 amide bonds. The zero-order chi connectivity index (χ0) is 36.2. The van der Waals surface area contributed by atoms with Crippen LogP contribution in [0.2, 0.25) is 5.04 Å². The molecule has 10 heteroatoms. The van der Waals surface area contributed by atoms with Crippen LogP contribution in [0.25, 0.3) is 0 Å². The second-order valence-electron chi connectivity index (χ2n) is 15.2. The third-order valence-electron chi connectivity index (χ3n) is 8.62. The molecule has 0 saturated carbocycles. The summed E-state index contributed by atoms with van der Waals surface area (Å²) in [5.74, 6) is -1.01. The molecule has 0 bridgehead atoms. The van der Waals surface area contributed by atoms with E-state index >= 15 is 0 Å². The molecule has 274 valence electrons. The van der Waals surface area contributed by atoms with Crippen molar-refractivity contribution in [3.63, 3.8) is 0 Å². The Bertz CT molecular complexity index is 1230. The molecule has 2 aromatic carbocycles. The molecule has 1 saturated heterocycles. The summed E-state index contributed by atoms with van der Waals surface area (Å²) in [7, 11) is -3.05. The minimum Gasteiger partial charge on any atom is -0.455 e. The maximum atomic E-state index is 13.1. The van der Waals surface area contributed by atoms with Crippen LogP contribution in [0.5, 0.6) is 0 Å². The first-order chi connectivity index (χ1) is 23.1. The van der Waals surface area contributed by atoms with Crippen molar-refractivity contribution in [1.82, 2.24) is 0 Å². The third kappa shape index (κ3) is 11.4. The molecule has 49 heavy (non-hydrogen) atoms. The third-order valence-corrected chi connectivity index (χ3v) is 13.6. The molecule has 0 aromatic heterocycles. The van der Waals surface area contributed by atoms with E-state index in [0.29, 0.717) is 6.61 Å². The molecule has 1 fully saturated rings. The Morgan fingerprint density at radius 3 is 1.88 bits per heavy atom. The normalized spacial score (nSPS) is 21.7. The first kappa shape index (κ1) is 40.7. The largest absolute Gasteiger partial charge is 0.509 e. The number of unbranched alkanes of at least 4 members (excludes halogenated alkanes) is 5. The van der Waals surface area contributed by atoms with Crippen molar-refractivity contribution in [1.29, 1.82) is 0 Å².